The molecule has 0 bridgehead atoms. The predicted molar refractivity (Wildman–Crippen MR) is 63.4 cm³/mol. The van der Waals surface area contributed by atoms with Crippen LogP contribution in [-0.2, 0) is 4.74 Å². The van der Waals surface area contributed by atoms with Crippen LogP contribution in [0, 0.1) is 5.92 Å². The lowest BCUT2D eigenvalue weighted by molar-refractivity contribution is -0.0263. The van der Waals surface area contributed by atoms with Crippen LogP contribution in [0.1, 0.15) is 44.9 Å². The molecule has 1 aliphatic carbocycles. The van der Waals surface area contributed by atoms with Crippen LogP contribution >= 0.6 is 22.6 Å². The van der Waals surface area contributed by atoms with Gasteiger partial charge in [0.25, 0.3) is 0 Å². The van der Waals surface area contributed by atoms with Crippen molar-refractivity contribution < 1.29 is 4.74 Å². The highest BCUT2D eigenvalue weighted by atomic mass is 127. The van der Waals surface area contributed by atoms with E-state index in [0.29, 0.717) is 6.10 Å². The molecule has 13 heavy (non-hydrogen) atoms. The summed E-state index contributed by atoms with van der Waals surface area (Å²) in [5.74, 6) is 0.895. The zero-order valence-electron chi connectivity index (χ0n) is 8.18. The van der Waals surface area contributed by atoms with E-state index < -0.39 is 0 Å². The number of rotatable bonds is 1. The molecule has 1 heterocycles. The van der Waals surface area contributed by atoms with Gasteiger partial charge in [-0.25, -0.2) is 0 Å². The van der Waals surface area contributed by atoms with E-state index in [1.165, 1.54) is 44.9 Å². The largest absolute Gasteiger partial charge is 0.378 e. The molecule has 1 saturated carbocycles. The summed E-state index contributed by atoms with van der Waals surface area (Å²) in [6.07, 6.45) is 10.4. The van der Waals surface area contributed by atoms with Crippen LogP contribution in [0.2, 0.25) is 0 Å². The summed E-state index contributed by atoms with van der Waals surface area (Å²) >= 11 is 2.59. The van der Waals surface area contributed by atoms with Gasteiger partial charge in [0.15, 0.2) is 0 Å². The topological polar surface area (TPSA) is 9.23 Å². The Morgan fingerprint density at radius 3 is 2.46 bits per heavy atom. The quantitative estimate of drug-likeness (QED) is 0.531. The zero-order valence-corrected chi connectivity index (χ0v) is 10.3. The first kappa shape index (κ1) is 10.2. The first-order valence-corrected chi connectivity index (χ1v) is 6.86. The van der Waals surface area contributed by atoms with Crippen LogP contribution in [0.3, 0.4) is 0 Å². The summed E-state index contributed by atoms with van der Waals surface area (Å²) in [7, 11) is 0. The molecule has 76 valence electrons. The summed E-state index contributed by atoms with van der Waals surface area (Å²) in [6.45, 7) is 1.01. The van der Waals surface area contributed by atoms with Crippen molar-refractivity contribution in [1.29, 1.82) is 0 Å². The number of ether oxygens (including phenoxy) is 1. The summed E-state index contributed by atoms with van der Waals surface area (Å²) < 4.78 is 6.76. The number of alkyl halides is 1. The molecule has 2 heteroatoms. The van der Waals surface area contributed by atoms with Gasteiger partial charge in [0.2, 0.25) is 0 Å². The van der Waals surface area contributed by atoms with Gasteiger partial charge in [-0.3, -0.25) is 0 Å². The normalized spacial score (nSPS) is 37.6. The third kappa shape index (κ3) is 2.82. The van der Waals surface area contributed by atoms with Gasteiger partial charge in [-0.1, -0.05) is 41.9 Å². The third-order valence-corrected chi connectivity index (χ3v) is 4.56. The highest BCUT2D eigenvalue weighted by molar-refractivity contribution is 14.1. The monoisotopic (exact) mass is 294 g/mol. The van der Waals surface area contributed by atoms with E-state index in [-0.39, 0.29) is 0 Å². The molecular formula is C11H19IO. The van der Waals surface area contributed by atoms with E-state index in [9.17, 15) is 0 Å². The molecule has 0 radical (unpaired) electrons. The molecule has 2 fully saturated rings. The fraction of sp³-hybridized carbons (Fsp3) is 1.00. The zero-order chi connectivity index (χ0) is 9.10. The third-order valence-electron chi connectivity index (χ3n) is 3.43. The number of halogens is 1. The number of hydrogen-bond acceptors (Lipinski definition) is 1. The molecule has 2 aliphatic rings. The summed E-state index contributed by atoms with van der Waals surface area (Å²) in [4.78, 5) is 0. The lowest BCUT2D eigenvalue weighted by Crippen LogP contribution is -2.33. The average Bonchev–Trinajstić information content (AvgIpc) is 2.19. The SMILES string of the molecule is I[C@@H]1CCO[C@@H](C2CCCCC2)C1. The molecule has 0 unspecified atom stereocenters. The highest BCUT2D eigenvalue weighted by Crippen LogP contribution is 2.33. The Labute approximate surface area is 94.8 Å². The van der Waals surface area contributed by atoms with Crippen LogP contribution < -0.4 is 0 Å². The Balaban J connectivity index is 1.83. The van der Waals surface area contributed by atoms with Crippen molar-refractivity contribution in [2.75, 3.05) is 6.61 Å². The summed E-state index contributed by atoms with van der Waals surface area (Å²) in [5, 5.41) is 0. The summed E-state index contributed by atoms with van der Waals surface area (Å²) in [6, 6.07) is 0. The van der Waals surface area contributed by atoms with Crippen LogP contribution in [0.5, 0.6) is 0 Å². The van der Waals surface area contributed by atoms with Gasteiger partial charge in [-0.2, -0.15) is 0 Å². The average molecular weight is 294 g/mol. The van der Waals surface area contributed by atoms with Gasteiger partial charge in [0.1, 0.15) is 0 Å². The van der Waals surface area contributed by atoms with Crippen molar-refractivity contribution in [3.8, 4) is 0 Å². The molecule has 2 rings (SSSR count). The predicted octanol–water partition coefficient (Wildman–Crippen LogP) is 3.55. The first-order valence-electron chi connectivity index (χ1n) is 5.62. The Morgan fingerprint density at radius 2 is 1.77 bits per heavy atom. The molecule has 1 aliphatic heterocycles. The molecule has 0 spiro atoms. The standard InChI is InChI=1S/C11H19IO/c12-10-6-7-13-11(8-10)9-4-2-1-3-5-9/h9-11H,1-8H2/t10-,11-/m1/s1. The Morgan fingerprint density at radius 1 is 1.00 bits per heavy atom. The Hall–Kier alpha value is 0.690. The van der Waals surface area contributed by atoms with Crippen molar-refractivity contribution in [3.63, 3.8) is 0 Å². The maximum atomic E-state index is 5.88. The van der Waals surface area contributed by atoms with Crippen LogP contribution in [0.15, 0.2) is 0 Å². The molecule has 0 N–H and O–H groups in total. The lowest BCUT2D eigenvalue weighted by Gasteiger charge is -2.34. The molecule has 0 aromatic heterocycles. The fourth-order valence-electron chi connectivity index (χ4n) is 2.62. The second-order valence-electron chi connectivity index (χ2n) is 4.43. The minimum absolute atomic E-state index is 0.607. The van der Waals surface area contributed by atoms with Gasteiger partial charge in [0, 0.05) is 10.5 Å². The van der Waals surface area contributed by atoms with Crippen molar-refractivity contribution in [1.82, 2.24) is 0 Å². The van der Waals surface area contributed by atoms with Crippen LogP contribution in [0.4, 0.5) is 0 Å². The molecular weight excluding hydrogens is 275 g/mol. The highest BCUT2D eigenvalue weighted by Gasteiger charge is 2.28. The molecule has 0 aromatic rings. The minimum atomic E-state index is 0.607. The maximum Gasteiger partial charge on any atom is 0.0613 e. The maximum absolute atomic E-state index is 5.88. The molecule has 1 nitrogen and oxygen atoms in total. The van der Waals surface area contributed by atoms with E-state index in [4.69, 9.17) is 4.74 Å². The van der Waals surface area contributed by atoms with Crippen LogP contribution in [-0.4, -0.2) is 16.6 Å². The second-order valence-corrected chi connectivity index (χ2v) is 6.19. The Kier molecular flexibility index (Phi) is 3.90. The smallest absolute Gasteiger partial charge is 0.0613 e. The lowest BCUT2D eigenvalue weighted by atomic mass is 9.83. The second kappa shape index (κ2) is 4.96. The van der Waals surface area contributed by atoms with Gasteiger partial charge < -0.3 is 4.74 Å². The van der Waals surface area contributed by atoms with Crippen molar-refractivity contribution in [2.24, 2.45) is 5.92 Å². The summed E-state index contributed by atoms with van der Waals surface area (Å²) in [5.41, 5.74) is 0. The van der Waals surface area contributed by atoms with Crippen molar-refractivity contribution in [3.05, 3.63) is 0 Å². The van der Waals surface area contributed by atoms with E-state index in [1.807, 2.05) is 0 Å². The molecule has 1 saturated heterocycles. The van der Waals surface area contributed by atoms with Crippen LogP contribution in [0.25, 0.3) is 0 Å². The van der Waals surface area contributed by atoms with E-state index >= 15 is 0 Å². The Bertz CT molecular complexity index is 154. The minimum Gasteiger partial charge on any atom is -0.378 e. The van der Waals surface area contributed by atoms with Gasteiger partial charge in [0.05, 0.1) is 6.10 Å². The van der Waals surface area contributed by atoms with Crippen molar-refractivity contribution >= 4 is 22.6 Å². The van der Waals surface area contributed by atoms with E-state index in [0.717, 1.165) is 16.4 Å². The molecule has 0 aromatic carbocycles. The van der Waals surface area contributed by atoms with E-state index in [1.54, 1.807) is 0 Å². The molecule has 2 atom stereocenters. The van der Waals surface area contributed by atoms with Gasteiger partial charge in [-0.05, 0) is 31.6 Å². The van der Waals surface area contributed by atoms with Gasteiger partial charge >= 0.3 is 0 Å². The number of hydrogen-bond donors (Lipinski definition) is 0. The van der Waals surface area contributed by atoms with Crippen molar-refractivity contribution in [2.45, 2.75) is 55.0 Å². The van der Waals surface area contributed by atoms with Gasteiger partial charge in [-0.15, -0.1) is 0 Å². The fourth-order valence-corrected chi connectivity index (χ4v) is 3.38. The van der Waals surface area contributed by atoms with E-state index in [2.05, 4.69) is 22.6 Å². The molecule has 0 amide bonds. The first-order chi connectivity index (χ1) is 6.36.